The minimum atomic E-state index is -0.310. The predicted molar refractivity (Wildman–Crippen MR) is 116 cm³/mol. The van der Waals surface area contributed by atoms with Gasteiger partial charge in [0.05, 0.1) is 0 Å². The van der Waals surface area contributed by atoms with Crippen molar-refractivity contribution in [2.24, 2.45) is 4.99 Å². The molecule has 0 N–H and O–H groups in total. The van der Waals surface area contributed by atoms with E-state index in [2.05, 4.69) is 4.99 Å². The summed E-state index contributed by atoms with van der Waals surface area (Å²) in [6.07, 6.45) is 7.16. The number of aliphatic imine (C=N–C) groups is 1. The third-order valence-electron chi connectivity index (χ3n) is 5.14. The second kappa shape index (κ2) is 7.88. The summed E-state index contributed by atoms with van der Waals surface area (Å²) < 4.78 is 26.4. The molecule has 1 aromatic heterocycles. The Hall–Kier alpha value is -3.25. The highest BCUT2D eigenvalue weighted by Crippen LogP contribution is 2.30. The maximum atomic E-state index is 13.5. The largest absolute Gasteiger partial charge is 0.489 e. The average molecular weight is 419 g/mol. The van der Waals surface area contributed by atoms with E-state index >= 15 is 0 Å². The Labute approximate surface area is 177 Å². The van der Waals surface area contributed by atoms with E-state index in [1.807, 2.05) is 41.8 Å². The summed E-state index contributed by atoms with van der Waals surface area (Å²) in [7, 11) is 0. The number of thiophene rings is 1. The molecule has 0 fully saturated rings. The standard InChI is InChI=1S/C24H18FNO3S/c25-18-3-1-2-16(11-18)24-26-21-10-15(4-7-22(21)29-24)13-28-19-5-6-20-17(8-9-27)14-30-23(20)12-19/h1-7,9-12,14,21-22H,8,13H2. The summed E-state index contributed by atoms with van der Waals surface area (Å²) in [5.41, 5.74) is 2.70. The molecule has 1 aliphatic heterocycles. The molecule has 0 radical (unpaired) electrons. The zero-order chi connectivity index (χ0) is 20.5. The number of benzene rings is 2. The zero-order valence-corrected chi connectivity index (χ0v) is 16.8. The first kappa shape index (κ1) is 18.8. The van der Waals surface area contributed by atoms with Crippen LogP contribution in [0.25, 0.3) is 10.1 Å². The zero-order valence-electron chi connectivity index (χ0n) is 16.0. The molecule has 2 unspecified atom stereocenters. The fraction of sp³-hybridized carbons (Fsp3) is 0.167. The highest BCUT2D eigenvalue weighted by Gasteiger charge is 2.30. The van der Waals surface area contributed by atoms with Crippen LogP contribution in [0.15, 0.2) is 76.6 Å². The molecule has 0 bridgehead atoms. The van der Waals surface area contributed by atoms with E-state index in [9.17, 15) is 9.18 Å². The Kier molecular flexibility index (Phi) is 4.93. The number of carbonyl (C=O) groups is 1. The van der Waals surface area contributed by atoms with Gasteiger partial charge in [-0.1, -0.05) is 12.1 Å². The normalized spacial score (nSPS) is 19.8. The molecule has 2 atom stereocenters. The van der Waals surface area contributed by atoms with Gasteiger partial charge in [0.15, 0.2) is 0 Å². The highest BCUT2D eigenvalue weighted by atomic mass is 32.1. The Bertz CT molecular complexity index is 1210. The number of nitrogens with zero attached hydrogens (tertiary/aromatic N) is 1. The van der Waals surface area contributed by atoms with Crippen LogP contribution in [0, 0.1) is 5.82 Å². The Balaban J connectivity index is 1.28. The van der Waals surface area contributed by atoms with Crippen molar-refractivity contribution < 1.29 is 18.7 Å². The number of fused-ring (bicyclic) bond motifs is 2. The molecule has 2 aromatic carbocycles. The van der Waals surface area contributed by atoms with Gasteiger partial charge in [0, 0.05) is 16.7 Å². The molecule has 5 rings (SSSR count). The van der Waals surface area contributed by atoms with Gasteiger partial charge >= 0.3 is 0 Å². The van der Waals surface area contributed by atoms with E-state index in [0.717, 1.165) is 33.3 Å². The number of hydrogen-bond donors (Lipinski definition) is 0. The number of halogens is 1. The van der Waals surface area contributed by atoms with Crippen molar-refractivity contribution in [2.45, 2.75) is 18.6 Å². The first-order chi connectivity index (χ1) is 14.7. The molecule has 4 nitrogen and oxygen atoms in total. The molecular weight excluding hydrogens is 401 g/mol. The molecule has 2 aliphatic rings. The van der Waals surface area contributed by atoms with Crippen molar-refractivity contribution in [3.8, 4) is 5.75 Å². The topological polar surface area (TPSA) is 47.9 Å². The number of hydrogen-bond acceptors (Lipinski definition) is 5. The van der Waals surface area contributed by atoms with Gasteiger partial charge in [-0.2, -0.15) is 0 Å². The summed E-state index contributed by atoms with van der Waals surface area (Å²) in [5, 5.41) is 3.12. The van der Waals surface area contributed by atoms with Gasteiger partial charge in [0.25, 0.3) is 0 Å². The molecule has 0 spiro atoms. The van der Waals surface area contributed by atoms with Crippen molar-refractivity contribution in [3.05, 3.63) is 88.6 Å². The van der Waals surface area contributed by atoms with Gasteiger partial charge in [-0.25, -0.2) is 9.38 Å². The lowest BCUT2D eigenvalue weighted by Gasteiger charge is -2.17. The minimum absolute atomic E-state index is 0.141. The van der Waals surface area contributed by atoms with Crippen LogP contribution in [0.4, 0.5) is 4.39 Å². The second-order valence-corrected chi connectivity index (χ2v) is 8.11. The lowest BCUT2D eigenvalue weighted by atomic mass is 10.0. The van der Waals surface area contributed by atoms with Crippen LogP contribution in [0.2, 0.25) is 0 Å². The Morgan fingerprint density at radius 2 is 2.17 bits per heavy atom. The van der Waals surface area contributed by atoms with Crippen LogP contribution in [0.3, 0.4) is 0 Å². The Morgan fingerprint density at radius 1 is 1.23 bits per heavy atom. The van der Waals surface area contributed by atoms with Crippen LogP contribution in [0.1, 0.15) is 11.1 Å². The maximum Gasteiger partial charge on any atom is 0.217 e. The van der Waals surface area contributed by atoms with E-state index in [4.69, 9.17) is 9.47 Å². The van der Waals surface area contributed by atoms with E-state index in [1.165, 1.54) is 12.1 Å². The van der Waals surface area contributed by atoms with Crippen molar-refractivity contribution >= 4 is 33.6 Å². The summed E-state index contributed by atoms with van der Waals surface area (Å²) in [5.74, 6) is 0.932. The van der Waals surface area contributed by atoms with Crippen LogP contribution >= 0.6 is 11.3 Å². The Morgan fingerprint density at radius 3 is 3.03 bits per heavy atom. The smallest absolute Gasteiger partial charge is 0.217 e. The predicted octanol–water partition coefficient (Wildman–Crippen LogP) is 4.87. The third-order valence-corrected chi connectivity index (χ3v) is 6.14. The highest BCUT2D eigenvalue weighted by molar-refractivity contribution is 7.17. The van der Waals surface area contributed by atoms with E-state index in [1.54, 1.807) is 23.5 Å². The molecule has 6 heteroatoms. The van der Waals surface area contributed by atoms with Gasteiger partial charge in [0.1, 0.15) is 36.6 Å². The van der Waals surface area contributed by atoms with E-state index in [-0.39, 0.29) is 18.0 Å². The van der Waals surface area contributed by atoms with Gasteiger partial charge in [-0.15, -0.1) is 11.3 Å². The molecule has 150 valence electrons. The SMILES string of the molecule is O=CCc1csc2cc(OCC3=CC4N=C(c5cccc(F)c5)OC4C=C3)ccc12. The lowest BCUT2D eigenvalue weighted by molar-refractivity contribution is -0.107. The number of ether oxygens (including phenoxy) is 2. The molecule has 0 amide bonds. The van der Waals surface area contributed by atoms with Gasteiger partial charge in [0.2, 0.25) is 5.90 Å². The van der Waals surface area contributed by atoms with E-state index in [0.29, 0.717) is 24.5 Å². The molecule has 1 aliphatic carbocycles. The molecule has 30 heavy (non-hydrogen) atoms. The summed E-state index contributed by atoms with van der Waals surface area (Å²) in [4.78, 5) is 15.4. The fourth-order valence-electron chi connectivity index (χ4n) is 3.64. The van der Waals surface area contributed by atoms with Crippen molar-refractivity contribution in [3.63, 3.8) is 0 Å². The first-order valence-electron chi connectivity index (χ1n) is 9.65. The summed E-state index contributed by atoms with van der Waals surface area (Å²) in [6.45, 7) is 0.419. The molecule has 2 heterocycles. The van der Waals surface area contributed by atoms with Gasteiger partial charge in [-0.3, -0.25) is 0 Å². The molecule has 0 saturated heterocycles. The lowest BCUT2D eigenvalue weighted by Crippen LogP contribution is -2.22. The number of rotatable bonds is 6. The van der Waals surface area contributed by atoms with Gasteiger partial charge in [-0.05, 0) is 70.5 Å². The fourth-order valence-corrected chi connectivity index (χ4v) is 4.65. The maximum absolute atomic E-state index is 13.5. The minimum Gasteiger partial charge on any atom is -0.489 e. The van der Waals surface area contributed by atoms with Crippen molar-refractivity contribution in [2.75, 3.05) is 6.61 Å². The van der Waals surface area contributed by atoms with Gasteiger partial charge < -0.3 is 14.3 Å². The number of aldehydes is 1. The second-order valence-electron chi connectivity index (χ2n) is 7.20. The van der Waals surface area contributed by atoms with Crippen molar-refractivity contribution in [1.29, 1.82) is 0 Å². The van der Waals surface area contributed by atoms with Crippen LogP contribution in [-0.4, -0.2) is 30.9 Å². The van der Waals surface area contributed by atoms with Crippen LogP contribution in [-0.2, 0) is 16.0 Å². The van der Waals surface area contributed by atoms with Crippen molar-refractivity contribution in [1.82, 2.24) is 0 Å². The van der Waals surface area contributed by atoms with Crippen LogP contribution < -0.4 is 4.74 Å². The first-order valence-corrected chi connectivity index (χ1v) is 10.5. The summed E-state index contributed by atoms with van der Waals surface area (Å²) in [6, 6.07) is 12.1. The average Bonchev–Trinajstić information content (AvgIpc) is 3.36. The third kappa shape index (κ3) is 3.66. The number of carbonyl (C=O) groups excluding carboxylic acids is 1. The molecule has 3 aromatic rings. The molecular formula is C24H18FNO3S. The monoisotopic (exact) mass is 419 g/mol. The van der Waals surface area contributed by atoms with Crippen LogP contribution in [0.5, 0.6) is 5.75 Å². The van der Waals surface area contributed by atoms with E-state index < -0.39 is 0 Å². The quantitative estimate of drug-likeness (QED) is 0.536. The summed E-state index contributed by atoms with van der Waals surface area (Å²) >= 11 is 1.61. The molecule has 0 saturated carbocycles.